The molecule has 0 saturated carbocycles. The van der Waals surface area contributed by atoms with Gasteiger partial charge in [-0.1, -0.05) is 60.7 Å². The van der Waals surface area contributed by atoms with Gasteiger partial charge in [-0.3, -0.25) is 0 Å². The molecule has 3 nitrogen and oxygen atoms in total. The number of rotatable bonds is 4. The summed E-state index contributed by atoms with van der Waals surface area (Å²) in [5.41, 5.74) is 4.01. The minimum atomic E-state index is 0. The van der Waals surface area contributed by atoms with Crippen LogP contribution in [0, 0.1) is 0 Å². The number of halogens is 2. The first-order valence-corrected chi connectivity index (χ1v) is 8.71. The number of aromatic nitrogens is 2. The van der Waals surface area contributed by atoms with E-state index in [2.05, 4.69) is 69.9 Å². The Hall–Kier alpha value is -1.81. The highest BCUT2D eigenvalue weighted by molar-refractivity contribution is 5.85. The van der Waals surface area contributed by atoms with E-state index in [9.17, 15) is 0 Å². The Morgan fingerprint density at radius 2 is 1.46 bits per heavy atom. The average Bonchev–Trinajstić information content (AvgIpc) is 3.12. The number of benzene rings is 2. The van der Waals surface area contributed by atoms with Crippen molar-refractivity contribution in [2.45, 2.75) is 24.7 Å². The van der Waals surface area contributed by atoms with E-state index >= 15 is 0 Å². The average molecular weight is 390 g/mol. The van der Waals surface area contributed by atoms with E-state index in [-0.39, 0.29) is 30.2 Å². The van der Waals surface area contributed by atoms with Crippen LogP contribution in [0.25, 0.3) is 11.4 Å². The highest BCUT2D eigenvalue weighted by atomic mass is 35.5. The summed E-state index contributed by atoms with van der Waals surface area (Å²) in [5, 5.41) is 3.50. The third-order valence-corrected chi connectivity index (χ3v) is 5.15. The van der Waals surface area contributed by atoms with Gasteiger partial charge in [0.25, 0.3) is 0 Å². The van der Waals surface area contributed by atoms with Crippen LogP contribution >= 0.6 is 24.8 Å². The summed E-state index contributed by atoms with van der Waals surface area (Å²) in [5.74, 6) is 0.961. The van der Waals surface area contributed by atoms with Crippen LogP contribution in [0.2, 0.25) is 0 Å². The molecule has 1 aliphatic rings. The van der Waals surface area contributed by atoms with Crippen LogP contribution in [-0.4, -0.2) is 23.1 Å². The van der Waals surface area contributed by atoms with Gasteiger partial charge in [0.15, 0.2) is 0 Å². The quantitative estimate of drug-likeness (QED) is 0.673. The highest BCUT2D eigenvalue weighted by Gasteiger charge is 2.34. The zero-order valence-corrected chi connectivity index (χ0v) is 16.3. The summed E-state index contributed by atoms with van der Waals surface area (Å²) < 4.78 is 0. The predicted molar refractivity (Wildman–Crippen MR) is 112 cm³/mol. The molecule has 3 aromatic rings. The molecular weight excluding hydrogens is 365 g/mol. The van der Waals surface area contributed by atoms with Gasteiger partial charge in [-0.2, -0.15) is 0 Å². The van der Waals surface area contributed by atoms with Crippen molar-refractivity contribution in [2.75, 3.05) is 13.1 Å². The zero-order valence-electron chi connectivity index (χ0n) is 14.7. The van der Waals surface area contributed by atoms with Crippen LogP contribution in [0.15, 0.2) is 66.9 Å². The largest absolute Gasteiger partial charge is 0.342 e. The minimum Gasteiger partial charge on any atom is -0.342 e. The van der Waals surface area contributed by atoms with Gasteiger partial charge in [0.05, 0.1) is 0 Å². The summed E-state index contributed by atoms with van der Waals surface area (Å²) in [4.78, 5) is 8.15. The number of H-pyrrole nitrogens is 1. The molecule has 5 heteroatoms. The van der Waals surface area contributed by atoms with Gasteiger partial charge in [0, 0.05) is 22.9 Å². The van der Waals surface area contributed by atoms with Crippen molar-refractivity contribution in [1.29, 1.82) is 0 Å². The van der Waals surface area contributed by atoms with Crippen LogP contribution in [0.3, 0.4) is 0 Å². The molecule has 4 rings (SSSR count). The summed E-state index contributed by atoms with van der Waals surface area (Å²) in [6, 6.07) is 21.3. The number of imidazole rings is 1. The van der Waals surface area contributed by atoms with Gasteiger partial charge in [-0.05, 0) is 37.9 Å². The van der Waals surface area contributed by atoms with Crippen molar-refractivity contribution in [3.05, 3.63) is 78.1 Å². The predicted octanol–water partition coefficient (Wildman–Crippen LogP) is 4.78. The van der Waals surface area contributed by atoms with Gasteiger partial charge >= 0.3 is 0 Å². The Bertz CT molecular complexity index is 781. The van der Waals surface area contributed by atoms with Crippen molar-refractivity contribution >= 4 is 24.8 Å². The smallest absolute Gasteiger partial charge is 0.137 e. The Balaban J connectivity index is 0.00000121. The van der Waals surface area contributed by atoms with E-state index in [1.165, 1.54) is 11.3 Å². The second-order valence-corrected chi connectivity index (χ2v) is 6.70. The minimum absolute atomic E-state index is 0. The lowest BCUT2D eigenvalue weighted by Crippen LogP contribution is -2.41. The molecule has 1 fully saturated rings. The fraction of sp³-hybridized carbons (Fsp3) is 0.286. The number of nitrogens with zero attached hydrogens (tertiary/aromatic N) is 1. The van der Waals surface area contributed by atoms with E-state index in [4.69, 9.17) is 0 Å². The molecule has 0 radical (unpaired) electrons. The fourth-order valence-corrected chi connectivity index (χ4v) is 3.82. The maximum absolute atomic E-state index is 4.61. The number of hydrogen-bond acceptors (Lipinski definition) is 2. The first-order valence-electron chi connectivity index (χ1n) is 8.71. The van der Waals surface area contributed by atoms with Crippen LogP contribution < -0.4 is 5.32 Å². The Morgan fingerprint density at radius 3 is 2.12 bits per heavy atom. The van der Waals surface area contributed by atoms with Gasteiger partial charge in [0.1, 0.15) is 5.82 Å². The molecule has 0 aliphatic carbocycles. The summed E-state index contributed by atoms with van der Waals surface area (Å²) >= 11 is 0. The van der Waals surface area contributed by atoms with E-state index in [1.54, 1.807) is 0 Å². The molecule has 2 aromatic carbocycles. The Morgan fingerprint density at radius 1 is 0.846 bits per heavy atom. The monoisotopic (exact) mass is 389 g/mol. The maximum atomic E-state index is 4.61. The Labute approximate surface area is 167 Å². The molecule has 1 saturated heterocycles. The lowest BCUT2D eigenvalue weighted by Gasteiger charge is -2.38. The topological polar surface area (TPSA) is 40.7 Å². The van der Waals surface area contributed by atoms with Crippen LogP contribution in [0.4, 0.5) is 0 Å². The van der Waals surface area contributed by atoms with E-state index in [0.29, 0.717) is 0 Å². The number of aromatic amines is 1. The second-order valence-electron chi connectivity index (χ2n) is 6.70. The fourth-order valence-electron chi connectivity index (χ4n) is 3.82. The van der Waals surface area contributed by atoms with Crippen molar-refractivity contribution in [3.63, 3.8) is 0 Å². The standard InChI is InChI=1S/C21H23N3.2ClH/c1-3-7-17(8-4-1)20-23-16-19(24-20)15-21(11-13-22-14-12-21)18-9-5-2-6-10-18;;/h1-10,16,22H,11-15H2,(H,23,24);2*1H. The molecule has 2 heterocycles. The number of nitrogens with one attached hydrogen (secondary N) is 2. The molecule has 138 valence electrons. The van der Waals surface area contributed by atoms with Gasteiger partial charge in [-0.25, -0.2) is 4.98 Å². The molecular formula is C21H25Cl2N3. The number of hydrogen-bond donors (Lipinski definition) is 2. The molecule has 0 unspecified atom stereocenters. The van der Waals surface area contributed by atoms with Crippen LogP contribution in [-0.2, 0) is 11.8 Å². The third-order valence-electron chi connectivity index (χ3n) is 5.15. The van der Waals surface area contributed by atoms with Crippen LogP contribution in [0.1, 0.15) is 24.1 Å². The molecule has 0 amide bonds. The zero-order chi connectivity index (χ0) is 16.2. The number of piperidine rings is 1. The van der Waals surface area contributed by atoms with Crippen molar-refractivity contribution in [1.82, 2.24) is 15.3 Å². The van der Waals surface area contributed by atoms with E-state index in [1.807, 2.05) is 12.3 Å². The first kappa shape index (κ1) is 20.5. The Kier molecular flexibility index (Phi) is 7.27. The molecule has 0 atom stereocenters. The molecule has 26 heavy (non-hydrogen) atoms. The van der Waals surface area contributed by atoms with E-state index in [0.717, 1.165) is 43.7 Å². The van der Waals surface area contributed by atoms with Crippen LogP contribution in [0.5, 0.6) is 0 Å². The SMILES string of the molecule is Cl.Cl.c1ccc(-c2ncc(CC3(c4ccccc4)CCNCC3)[nH]2)cc1. The molecule has 0 bridgehead atoms. The van der Waals surface area contributed by atoms with Gasteiger partial charge in [-0.15, -0.1) is 24.8 Å². The highest BCUT2D eigenvalue weighted by Crippen LogP contribution is 2.36. The van der Waals surface area contributed by atoms with Gasteiger partial charge in [0.2, 0.25) is 0 Å². The summed E-state index contributed by atoms with van der Waals surface area (Å²) in [7, 11) is 0. The lowest BCUT2D eigenvalue weighted by molar-refractivity contribution is 0.303. The van der Waals surface area contributed by atoms with Gasteiger partial charge < -0.3 is 10.3 Å². The second kappa shape index (κ2) is 9.22. The van der Waals surface area contributed by atoms with E-state index < -0.39 is 0 Å². The molecule has 2 N–H and O–H groups in total. The van der Waals surface area contributed by atoms with Crippen molar-refractivity contribution < 1.29 is 0 Å². The molecule has 0 spiro atoms. The van der Waals surface area contributed by atoms with Crippen molar-refractivity contribution in [2.24, 2.45) is 0 Å². The van der Waals surface area contributed by atoms with Crippen molar-refractivity contribution in [3.8, 4) is 11.4 Å². The maximum Gasteiger partial charge on any atom is 0.137 e. The first-order chi connectivity index (χ1) is 11.9. The normalized spacial score (nSPS) is 15.5. The third kappa shape index (κ3) is 4.29. The molecule has 1 aliphatic heterocycles. The summed E-state index contributed by atoms with van der Waals surface area (Å²) in [6.45, 7) is 2.16. The lowest BCUT2D eigenvalue weighted by atomic mass is 9.70. The summed E-state index contributed by atoms with van der Waals surface area (Å²) in [6.07, 6.45) is 5.35. The molecule has 1 aromatic heterocycles.